The molecule has 1 unspecified atom stereocenters. The molecular weight excluding hydrogens is 498 g/mol. The van der Waals surface area contributed by atoms with Gasteiger partial charge in [-0.1, -0.05) is 117 Å². The van der Waals surface area contributed by atoms with Gasteiger partial charge < -0.3 is 11.1 Å². The van der Waals surface area contributed by atoms with Crippen LogP contribution < -0.4 is 11.1 Å². The van der Waals surface area contributed by atoms with Crippen LogP contribution in [0.25, 0.3) is 34.0 Å². The lowest BCUT2D eigenvalue weighted by atomic mass is 9.87. The van der Waals surface area contributed by atoms with E-state index in [2.05, 4.69) is 142 Å². The predicted molar refractivity (Wildman–Crippen MR) is 181 cm³/mol. The third-order valence-electron chi connectivity index (χ3n) is 7.50. The van der Waals surface area contributed by atoms with Gasteiger partial charge >= 0.3 is 0 Å². The van der Waals surface area contributed by atoms with Gasteiger partial charge in [0.2, 0.25) is 0 Å². The van der Waals surface area contributed by atoms with Crippen LogP contribution in [0.15, 0.2) is 114 Å². The molecule has 0 bridgehead atoms. The lowest BCUT2D eigenvalue weighted by Gasteiger charge is -2.21. The SMILES string of the molecule is C\C=C/C=C(\C=C/C)C/C=C(\N=C(N)C(C)CC)c1ccccc1-c1cc2c(cc1-c1cccc(C)c1)NCC=C2. The molecule has 1 aliphatic heterocycles. The lowest BCUT2D eigenvalue weighted by Crippen LogP contribution is -2.20. The summed E-state index contributed by atoms with van der Waals surface area (Å²) < 4.78 is 0. The summed E-state index contributed by atoms with van der Waals surface area (Å²) in [5.41, 5.74) is 18.1. The van der Waals surface area contributed by atoms with E-state index in [9.17, 15) is 0 Å². The van der Waals surface area contributed by atoms with Crippen molar-refractivity contribution in [3.63, 3.8) is 0 Å². The summed E-state index contributed by atoms with van der Waals surface area (Å²) in [5, 5.41) is 3.56. The Hall–Kier alpha value is -4.37. The molecule has 1 heterocycles. The molecule has 3 nitrogen and oxygen atoms in total. The molecule has 0 saturated carbocycles. The second kappa shape index (κ2) is 14.3. The Balaban J connectivity index is 1.95. The van der Waals surface area contributed by atoms with Crippen LogP contribution in [0.5, 0.6) is 0 Å². The number of nitrogens with two attached hydrogens (primary N) is 1. The lowest BCUT2D eigenvalue weighted by molar-refractivity contribution is 0.733. The third kappa shape index (κ3) is 7.43. The molecule has 41 heavy (non-hydrogen) atoms. The van der Waals surface area contributed by atoms with Crippen molar-refractivity contribution >= 4 is 23.3 Å². The third-order valence-corrected chi connectivity index (χ3v) is 7.50. The van der Waals surface area contributed by atoms with Crippen LogP contribution in [-0.2, 0) is 0 Å². The maximum absolute atomic E-state index is 6.58. The van der Waals surface area contributed by atoms with Crippen LogP contribution in [-0.4, -0.2) is 12.4 Å². The maximum Gasteiger partial charge on any atom is 0.102 e. The largest absolute Gasteiger partial charge is 0.387 e. The zero-order valence-corrected chi connectivity index (χ0v) is 25.1. The second-order valence-electron chi connectivity index (χ2n) is 10.6. The number of amidine groups is 1. The zero-order valence-electron chi connectivity index (χ0n) is 25.1. The fraction of sp³-hybridized carbons (Fsp3) is 0.237. The van der Waals surface area contributed by atoms with Gasteiger partial charge in [-0.25, -0.2) is 4.99 Å². The van der Waals surface area contributed by atoms with E-state index in [0.29, 0.717) is 5.84 Å². The number of rotatable bonds is 10. The summed E-state index contributed by atoms with van der Waals surface area (Å²) in [6, 6.07) is 21.9. The molecule has 0 aliphatic carbocycles. The van der Waals surface area contributed by atoms with E-state index in [-0.39, 0.29) is 5.92 Å². The summed E-state index contributed by atoms with van der Waals surface area (Å²) in [6.07, 6.45) is 18.8. The molecule has 210 valence electrons. The fourth-order valence-corrected chi connectivity index (χ4v) is 4.99. The smallest absolute Gasteiger partial charge is 0.102 e. The molecule has 3 aromatic rings. The molecule has 0 fully saturated rings. The van der Waals surface area contributed by atoms with Gasteiger partial charge in [-0.3, -0.25) is 0 Å². The normalized spacial score (nSPS) is 14.9. The second-order valence-corrected chi connectivity index (χ2v) is 10.6. The van der Waals surface area contributed by atoms with Crippen LogP contribution in [0, 0.1) is 12.8 Å². The van der Waals surface area contributed by atoms with Gasteiger partial charge in [0.25, 0.3) is 0 Å². The molecular formula is C38H43N3. The predicted octanol–water partition coefficient (Wildman–Crippen LogP) is 9.98. The number of benzene rings is 3. The number of fused-ring (bicyclic) bond motifs is 1. The van der Waals surface area contributed by atoms with Crippen LogP contribution in [0.2, 0.25) is 0 Å². The summed E-state index contributed by atoms with van der Waals surface area (Å²) in [7, 11) is 0. The van der Waals surface area contributed by atoms with Gasteiger partial charge in [0, 0.05) is 23.7 Å². The van der Waals surface area contributed by atoms with Crippen LogP contribution >= 0.6 is 0 Å². The monoisotopic (exact) mass is 541 g/mol. The Kier molecular flexibility index (Phi) is 10.3. The Morgan fingerprint density at radius 3 is 2.59 bits per heavy atom. The van der Waals surface area contributed by atoms with Gasteiger partial charge in [0.15, 0.2) is 0 Å². The number of hydrogen-bond donors (Lipinski definition) is 2. The maximum atomic E-state index is 6.58. The van der Waals surface area contributed by atoms with Crippen molar-refractivity contribution in [1.82, 2.24) is 0 Å². The van der Waals surface area contributed by atoms with Crippen molar-refractivity contribution in [3.8, 4) is 22.3 Å². The number of anilines is 1. The quantitative estimate of drug-likeness (QED) is 0.152. The molecule has 0 aromatic heterocycles. The van der Waals surface area contributed by atoms with E-state index in [0.717, 1.165) is 41.9 Å². The van der Waals surface area contributed by atoms with Gasteiger partial charge in [0.1, 0.15) is 5.84 Å². The molecule has 0 saturated heterocycles. The van der Waals surface area contributed by atoms with E-state index in [1.807, 2.05) is 6.92 Å². The summed E-state index contributed by atoms with van der Waals surface area (Å²) in [5.74, 6) is 0.858. The van der Waals surface area contributed by atoms with E-state index in [1.165, 1.54) is 33.4 Å². The molecule has 3 heteroatoms. The molecule has 3 N–H and O–H groups in total. The van der Waals surface area contributed by atoms with E-state index in [1.54, 1.807) is 0 Å². The molecule has 1 atom stereocenters. The molecule has 3 aromatic carbocycles. The number of aryl methyl sites for hydroxylation is 1. The summed E-state index contributed by atoms with van der Waals surface area (Å²) >= 11 is 0. The number of aliphatic imine (C=N–C) groups is 1. The zero-order chi connectivity index (χ0) is 29.2. The average molecular weight is 542 g/mol. The highest BCUT2D eigenvalue weighted by Crippen LogP contribution is 2.41. The summed E-state index contributed by atoms with van der Waals surface area (Å²) in [6.45, 7) is 11.4. The number of hydrogen-bond acceptors (Lipinski definition) is 2. The first-order valence-electron chi connectivity index (χ1n) is 14.7. The summed E-state index contributed by atoms with van der Waals surface area (Å²) in [4.78, 5) is 5.08. The van der Waals surface area contributed by atoms with Crippen molar-refractivity contribution in [2.24, 2.45) is 16.6 Å². The molecule has 0 amide bonds. The Morgan fingerprint density at radius 1 is 1.00 bits per heavy atom. The highest BCUT2D eigenvalue weighted by molar-refractivity contribution is 5.96. The minimum absolute atomic E-state index is 0.196. The molecule has 4 rings (SSSR count). The van der Waals surface area contributed by atoms with Crippen LogP contribution in [0.3, 0.4) is 0 Å². The highest BCUT2D eigenvalue weighted by Gasteiger charge is 2.18. The van der Waals surface area contributed by atoms with Crippen molar-refractivity contribution in [1.29, 1.82) is 0 Å². The van der Waals surface area contributed by atoms with Gasteiger partial charge in [-0.15, -0.1) is 0 Å². The van der Waals surface area contributed by atoms with Gasteiger partial charge in [-0.2, -0.15) is 0 Å². The highest BCUT2D eigenvalue weighted by atomic mass is 14.9. The first kappa shape index (κ1) is 29.6. The number of nitrogens with zero attached hydrogens (tertiary/aromatic N) is 1. The van der Waals surface area contributed by atoms with Gasteiger partial charge in [0.05, 0.1) is 5.70 Å². The molecule has 1 aliphatic rings. The molecule has 0 spiro atoms. The van der Waals surface area contributed by atoms with E-state index in [4.69, 9.17) is 10.7 Å². The first-order valence-corrected chi connectivity index (χ1v) is 14.7. The Morgan fingerprint density at radius 2 is 1.83 bits per heavy atom. The Bertz CT molecular complexity index is 1550. The minimum atomic E-state index is 0.196. The standard InChI is InChI=1S/C38H43N3/c1-6-9-16-29(14-7-2)21-22-36(41-38(39)28(5)8-3)33-20-11-10-19-32(33)35-25-31-18-13-23-40-37(31)26-34(35)30-17-12-15-27(4)24-30/h6-7,9-20,22,24-26,28,40H,8,21,23H2,1-5H3,(H2,39,41)/b9-6-,14-7-,29-16+,36-22-. The van der Waals surface area contributed by atoms with Crippen LogP contribution in [0.1, 0.15) is 57.2 Å². The Labute approximate surface area is 246 Å². The topological polar surface area (TPSA) is 50.4 Å². The van der Waals surface area contributed by atoms with Crippen molar-refractivity contribution in [2.75, 3.05) is 11.9 Å². The van der Waals surface area contributed by atoms with Crippen LogP contribution in [0.4, 0.5) is 5.69 Å². The molecule has 0 radical (unpaired) electrons. The number of nitrogens with one attached hydrogen (secondary N) is 1. The minimum Gasteiger partial charge on any atom is -0.387 e. The van der Waals surface area contributed by atoms with Crippen molar-refractivity contribution in [2.45, 2.75) is 47.5 Å². The van der Waals surface area contributed by atoms with Crippen molar-refractivity contribution < 1.29 is 0 Å². The fourth-order valence-electron chi connectivity index (χ4n) is 4.99. The van der Waals surface area contributed by atoms with E-state index >= 15 is 0 Å². The van der Waals surface area contributed by atoms with Crippen molar-refractivity contribution in [3.05, 3.63) is 125 Å². The average Bonchev–Trinajstić information content (AvgIpc) is 3.00. The van der Waals surface area contributed by atoms with E-state index < -0.39 is 0 Å². The number of allylic oxidation sites excluding steroid dienone is 7. The van der Waals surface area contributed by atoms with Gasteiger partial charge in [-0.05, 0) is 79.1 Å². The first-order chi connectivity index (χ1) is 19.9.